The first-order chi connectivity index (χ1) is 7.74. The van der Waals surface area contributed by atoms with Crippen LogP contribution in [0.25, 0.3) is 0 Å². The van der Waals surface area contributed by atoms with Crippen molar-refractivity contribution in [1.29, 1.82) is 0 Å². The molecule has 2 heterocycles. The number of hydrogen-bond donors (Lipinski definition) is 1. The Morgan fingerprint density at radius 1 is 1.71 bits per heavy atom. The van der Waals surface area contributed by atoms with Crippen LogP contribution < -0.4 is 5.32 Å². The van der Waals surface area contributed by atoms with Crippen molar-refractivity contribution in [2.75, 3.05) is 20.1 Å². The zero-order valence-electron chi connectivity index (χ0n) is 9.61. The van der Waals surface area contributed by atoms with E-state index in [1.807, 2.05) is 17.3 Å². The fourth-order valence-electron chi connectivity index (χ4n) is 2.13. The number of halogens is 2. The number of amides is 1. The largest absolute Gasteiger partial charge is 0.334 e. The average molecular weight is 295 g/mol. The average Bonchev–Trinajstić information content (AvgIpc) is 2.87. The minimum Gasteiger partial charge on any atom is -0.334 e. The zero-order chi connectivity index (χ0) is 11.5. The molecular weight excluding hydrogens is 279 g/mol. The molecule has 1 aliphatic rings. The van der Waals surface area contributed by atoms with E-state index in [9.17, 15) is 4.79 Å². The van der Waals surface area contributed by atoms with Crippen molar-refractivity contribution >= 4 is 41.3 Å². The summed E-state index contributed by atoms with van der Waals surface area (Å²) in [5, 5.41) is 5.56. The summed E-state index contributed by atoms with van der Waals surface area (Å²) >= 11 is 7.41. The number of nitrogens with zero attached hydrogens (tertiary/aromatic N) is 1. The summed E-state index contributed by atoms with van der Waals surface area (Å²) in [6.45, 7) is 1.70. The lowest BCUT2D eigenvalue weighted by molar-refractivity contribution is 0.0742. The van der Waals surface area contributed by atoms with Crippen molar-refractivity contribution in [2.24, 2.45) is 0 Å². The minimum absolute atomic E-state index is 0. The molecule has 1 aromatic heterocycles. The molecule has 1 N–H and O–H groups in total. The van der Waals surface area contributed by atoms with Gasteiger partial charge in [0.2, 0.25) is 0 Å². The molecule has 0 bridgehead atoms. The predicted molar refractivity (Wildman–Crippen MR) is 74.6 cm³/mol. The van der Waals surface area contributed by atoms with E-state index in [2.05, 4.69) is 5.32 Å². The Bertz CT molecular complexity index is 383. The van der Waals surface area contributed by atoms with Gasteiger partial charge < -0.3 is 10.2 Å². The lowest BCUT2D eigenvalue weighted by atomic mass is 10.2. The SMILES string of the molecule is CNCC1CCCN1C(=O)c1sccc1Cl.Cl. The van der Waals surface area contributed by atoms with Crippen LogP contribution in [0.4, 0.5) is 0 Å². The zero-order valence-corrected chi connectivity index (χ0v) is 12.0. The molecule has 1 amide bonds. The lowest BCUT2D eigenvalue weighted by Gasteiger charge is -2.24. The normalized spacial score (nSPS) is 19.2. The van der Waals surface area contributed by atoms with Crippen LogP contribution in [-0.4, -0.2) is 37.0 Å². The number of nitrogens with one attached hydrogen (secondary N) is 1. The topological polar surface area (TPSA) is 32.3 Å². The van der Waals surface area contributed by atoms with Crippen LogP contribution in [0.15, 0.2) is 11.4 Å². The van der Waals surface area contributed by atoms with E-state index in [1.54, 1.807) is 6.07 Å². The van der Waals surface area contributed by atoms with Gasteiger partial charge in [0, 0.05) is 19.1 Å². The van der Waals surface area contributed by atoms with Crippen LogP contribution in [0.2, 0.25) is 5.02 Å². The summed E-state index contributed by atoms with van der Waals surface area (Å²) in [6.07, 6.45) is 2.16. The molecule has 0 aliphatic carbocycles. The standard InChI is InChI=1S/C11H15ClN2OS.ClH/c1-13-7-8-3-2-5-14(8)11(15)10-9(12)4-6-16-10;/h4,6,8,13H,2-3,5,7H2,1H3;1H. The molecule has 0 radical (unpaired) electrons. The van der Waals surface area contributed by atoms with Crippen LogP contribution >= 0.6 is 35.3 Å². The molecule has 0 aromatic carbocycles. The van der Waals surface area contributed by atoms with Gasteiger partial charge in [0.1, 0.15) is 4.88 Å². The number of rotatable bonds is 3. The molecule has 2 rings (SSSR count). The number of likely N-dealkylation sites (tertiary alicyclic amines) is 1. The molecule has 1 fully saturated rings. The highest BCUT2D eigenvalue weighted by Crippen LogP contribution is 2.27. The van der Waals surface area contributed by atoms with Gasteiger partial charge in [-0.25, -0.2) is 0 Å². The van der Waals surface area contributed by atoms with Gasteiger partial charge in [0.25, 0.3) is 5.91 Å². The molecular formula is C11H16Cl2N2OS. The number of hydrogen-bond acceptors (Lipinski definition) is 3. The van der Waals surface area contributed by atoms with Crippen LogP contribution in [-0.2, 0) is 0 Å². The van der Waals surface area contributed by atoms with Crippen molar-refractivity contribution in [3.05, 3.63) is 21.3 Å². The van der Waals surface area contributed by atoms with Crippen molar-refractivity contribution in [1.82, 2.24) is 10.2 Å². The first kappa shape index (κ1) is 14.8. The molecule has 0 saturated carbocycles. The van der Waals surface area contributed by atoms with E-state index in [0.29, 0.717) is 15.9 Å². The highest BCUT2D eigenvalue weighted by molar-refractivity contribution is 7.12. The quantitative estimate of drug-likeness (QED) is 0.930. The fraction of sp³-hybridized carbons (Fsp3) is 0.545. The van der Waals surface area contributed by atoms with E-state index in [4.69, 9.17) is 11.6 Å². The van der Waals surface area contributed by atoms with Gasteiger partial charge in [-0.05, 0) is 31.3 Å². The van der Waals surface area contributed by atoms with Crippen LogP contribution in [0.3, 0.4) is 0 Å². The number of likely N-dealkylation sites (N-methyl/N-ethyl adjacent to an activating group) is 1. The summed E-state index contributed by atoms with van der Waals surface area (Å²) in [6, 6.07) is 2.10. The lowest BCUT2D eigenvalue weighted by Crippen LogP contribution is -2.40. The molecule has 1 saturated heterocycles. The molecule has 0 spiro atoms. The van der Waals surface area contributed by atoms with Crippen LogP contribution in [0.1, 0.15) is 22.5 Å². The molecule has 1 atom stereocenters. The number of thiophene rings is 1. The Hall–Kier alpha value is -0.290. The summed E-state index contributed by atoms with van der Waals surface area (Å²) in [5.41, 5.74) is 0. The third-order valence-electron chi connectivity index (χ3n) is 2.89. The smallest absolute Gasteiger partial charge is 0.265 e. The van der Waals surface area contributed by atoms with Crippen molar-refractivity contribution in [2.45, 2.75) is 18.9 Å². The third kappa shape index (κ3) is 3.13. The summed E-state index contributed by atoms with van der Waals surface area (Å²) in [7, 11) is 1.92. The van der Waals surface area contributed by atoms with E-state index in [-0.39, 0.29) is 18.3 Å². The van der Waals surface area contributed by atoms with Gasteiger partial charge in [-0.15, -0.1) is 23.7 Å². The maximum absolute atomic E-state index is 12.2. The van der Waals surface area contributed by atoms with Gasteiger partial charge in [0.05, 0.1) is 5.02 Å². The second-order valence-corrected chi connectivity index (χ2v) is 5.27. The Morgan fingerprint density at radius 3 is 3.06 bits per heavy atom. The van der Waals surface area contributed by atoms with Gasteiger partial charge in [-0.3, -0.25) is 4.79 Å². The van der Waals surface area contributed by atoms with Gasteiger partial charge in [-0.1, -0.05) is 11.6 Å². The van der Waals surface area contributed by atoms with E-state index in [1.165, 1.54) is 11.3 Å². The van der Waals surface area contributed by atoms with Crippen molar-refractivity contribution in [3.8, 4) is 0 Å². The number of carbonyl (C=O) groups is 1. The van der Waals surface area contributed by atoms with Gasteiger partial charge >= 0.3 is 0 Å². The number of carbonyl (C=O) groups excluding carboxylic acids is 1. The van der Waals surface area contributed by atoms with E-state index in [0.717, 1.165) is 25.9 Å². The first-order valence-electron chi connectivity index (χ1n) is 5.42. The summed E-state index contributed by atoms with van der Waals surface area (Å²) < 4.78 is 0. The molecule has 96 valence electrons. The Balaban J connectivity index is 0.00000144. The summed E-state index contributed by atoms with van der Waals surface area (Å²) in [4.78, 5) is 14.8. The first-order valence-corrected chi connectivity index (χ1v) is 6.68. The molecule has 1 unspecified atom stereocenters. The van der Waals surface area contributed by atoms with E-state index >= 15 is 0 Å². The fourth-order valence-corrected chi connectivity index (χ4v) is 3.22. The van der Waals surface area contributed by atoms with Gasteiger partial charge in [-0.2, -0.15) is 0 Å². The molecule has 3 nitrogen and oxygen atoms in total. The molecule has 1 aliphatic heterocycles. The third-order valence-corrected chi connectivity index (χ3v) is 4.22. The van der Waals surface area contributed by atoms with Crippen LogP contribution in [0.5, 0.6) is 0 Å². The molecule has 6 heteroatoms. The highest BCUT2D eigenvalue weighted by Gasteiger charge is 2.30. The minimum atomic E-state index is 0. The predicted octanol–water partition coefficient (Wildman–Crippen LogP) is 2.65. The molecule has 1 aromatic rings. The monoisotopic (exact) mass is 294 g/mol. The van der Waals surface area contributed by atoms with Crippen molar-refractivity contribution < 1.29 is 4.79 Å². The Kier molecular flexibility index (Phi) is 5.73. The Morgan fingerprint density at radius 2 is 2.47 bits per heavy atom. The summed E-state index contributed by atoms with van der Waals surface area (Å²) in [5.74, 6) is 0.0813. The molecule has 17 heavy (non-hydrogen) atoms. The highest BCUT2D eigenvalue weighted by atomic mass is 35.5. The second kappa shape index (κ2) is 6.59. The van der Waals surface area contributed by atoms with Crippen molar-refractivity contribution in [3.63, 3.8) is 0 Å². The van der Waals surface area contributed by atoms with Gasteiger partial charge in [0.15, 0.2) is 0 Å². The van der Waals surface area contributed by atoms with E-state index < -0.39 is 0 Å². The van der Waals surface area contributed by atoms with Crippen LogP contribution in [0, 0.1) is 0 Å². The second-order valence-electron chi connectivity index (χ2n) is 3.95. The Labute approximate surface area is 117 Å². The maximum Gasteiger partial charge on any atom is 0.265 e. The maximum atomic E-state index is 12.2.